The molecule has 0 fully saturated rings. The minimum absolute atomic E-state index is 0.0862. The van der Waals surface area contributed by atoms with Gasteiger partial charge in [0.2, 0.25) is 0 Å². The highest BCUT2D eigenvalue weighted by molar-refractivity contribution is 5.75. The standard InChI is InChI=1S/C11H14O5/c1-2-16-11(15)10(14)9(13)7-5-3-4-6-8(7)12/h3-6,9-10,12-14H,2H2,1H3. The van der Waals surface area contributed by atoms with E-state index >= 15 is 0 Å². The second-order valence-corrected chi connectivity index (χ2v) is 3.20. The van der Waals surface area contributed by atoms with E-state index in [0.717, 1.165) is 0 Å². The molecule has 5 heteroatoms. The fraction of sp³-hybridized carbons (Fsp3) is 0.364. The van der Waals surface area contributed by atoms with Crippen molar-refractivity contribution in [1.29, 1.82) is 0 Å². The fourth-order valence-electron chi connectivity index (χ4n) is 1.26. The molecule has 3 N–H and O–H groups in total. The molecule has 0 aliphatic rings. The van der Waals surface area contributed by atoms with Gasteiger partial charge in [0, 0.05) is 5.56 Å². The predicted molar refractivity (Wildman–Crippen MR) is 55.7 cm³/mol. The Morgan fingerprint density at radius 3 is 2.56 bits per heavy atom. The number of carbonyl (C=O) groups excluding carboxylic acids is 1. The van der Waals surface area contributed by atoms with E-state index in [-0.39, 0.29) is 17.9 Å². The molecule has 5 nitrogen and oxygen atoms in total. The van der Waals surface area contributed by atoms with Gasteiger partial charge >= 0.3 is 5.97 Å². The van der Waals surface area contributed by atoms with Crippen LogP contribution in [0.4, 0.5) is 0 Å². The van der Waals surface area contributed by atoms with Crippen LogP contribution in [0.25, 0.3) is 0 Å². The number of phenols is 1. The minimum Gasteiger partial charge on any atom is -0.508 e. The Kier molecular flexibility index (Phi) is 4.28. The minimum atomic E-state index is -1.70. The maximum Gasteiger partial charge on any atom is 0.338 e. The van der Waals surface area contributed by atoms with Crippen LogP contribution in [0.15, 0.2) is 24.3 Å². The second-order valence-electron chi connectivity index (χ2n) is 3.20. The second kappa shape index (κ2) is 5.48. The van der Waals surface area contributed by atoms with E-state index in [1.807, 2.05) is 0 Å². The lowest BCUT2D eigenvalue weighted by atomic mass is 10.0. The van der Waals surface area contributed by atoms with Crippen LogP contribution >= 0.6 is 0 Å². The number of aromatic hydroxyl groups is 1. The molecular formula is C11H14O5. The summed E-state index contributed by atoms with van der Waals surface area (Å²) in [6, 6.07) is 5.93. The lowest BCUT2D eigenvalue weighted by Gasteiger charge is -2.17. The molecule has 1 rings (SSSR count). The van der Waals surface area contributed by atoms with Crippen LogP contribution < -0.4 is 0 Å². The molecule has 0 spiro atoms. The number of hydrogen-bond donors (Lipinski definition) is 3. The van der Waals surface area contributed by atoms with Crippen LogP contribution in [0.2, 0.25) is 0 Å². The van der Waals surface area contributed by atoms with Crippen molar-refractivity contribution < 1.29 is 24.9 Å². The summed E-state index contributed by atoms with van der Waals surface area (Å²) < 4.78 is 4.56. The van der Waals surface area contributed by atoms with Crippen LogP contribution in [-0.2, 0) is 9.53 Å². The normalized spacial score (nSPS) is 14.2. The van der Waals surface area contributed by atoms with Gasteiger partial charge in [-0.05, 0) is 13.0 Å². The van der Waals surface area contributed by atoms with Gasteiger partial charge in [0.25, 0.3) is 0 Å². The third kappa shape index (κ3) is 2.71. The van der Waals surface area contributed by atoms with E-state index in [0.29, 0.717) is 0 Å². The van der Waals surface area contributed by atoms with Gasteiger partial charge in [-0.2, -0.15) is 0 Å². The molecule has 0 aliphatic carbocycles. The van der Waals surface area contributed by atoms with Crippen molar-refractivity contribution in [3.8, 4) is 5.75 Å². The first kappa shape index (κ1) is 12.5. The molecule has 0 saturated carbocycles. The molecule has 2 atom stereocenters. The zero-order valence-corrected chi connectivity index (χ0v) is 8.83. The average Bonchev–Trinajstić information content (AvgIpc) is 2.28. The van der Waals surface area contributed by atoms with Gasteiger partial charge in [-0.15, -0.1) is 0 Å². The number of carbonyl (C=O) groups is 1. The quantitative estimate of drug-likeness (QED) is 0.645. The summed E-state index contributed by atoms with van der Waals surface area (Å²) in [5.41, 5.74) is 0.0862. The maximum atomic E-state index is 11.2. The Morgan fingerprint density at radius 2 is 2.00 bits per heavy atom. The Hall–Kier alpha value is -1.59. The summed E-state index contributed by atoms with van der Waals surface area (Å²) in [7, 11) is 0. The summed E-state index contributed by atoms with van der Waals surface area (Å²) in [5.74, 6) is -1.10. The molecule has 0 aliphatic heterocycles. The molecule has 88 valence electrons. The zero-order chi connectivity index (χ0) is 12.1. The third-order valence-electron chi connectivity index (χ3n) is 2.08. The summed E-state index contributed by atoms with van der Waals surface area (Å²) in [6.07, 6.45) is -3.20. The van der Waals surface area contributed by atoms with Crippen LogP contribution in [-0.4, -0.2) is 34.0 Å². The Labute approximate surface area is 92.9 Å². The number of ether oxygens (including phenoxy) is 1. The molecule has 16 heavy (non-hydrogen) atoms. The van der Waals surface area contributed by atoms with Crippen molar-refractivity contribution in [1.82, 2.24) is 0 Å². The van der Waals surface area contributed by atoms with Gasteiger partial charge in [-0.1, -0.05) is 18.2 Å². The van der Waals surface area contributed by atoms with E-state index in [2.05, 4.69) is 4.74 Å². The first-order valence-electron chi connectivity index (χ1n) is 4.88. The van der Waals surface area contributed by atoms with Crippen molar-refractivity contribution >= 4 is 5.97 Å². The first-order chi connectivity index (χ1) is 7.57. The largest absolute Gasteiger partial charge is 0.508 e. The molecule has 1 aromatic rings. The molecule has 0 bridgehead atoms. The summed E-state index contributed by atoms with van der Waals surface area (Å²) in [5, 5.41) is 28.5. The molecule has 2 unspecified atom stereocenters. The monoisotopic (exact) mass is 226 g/mol. The van der Waals surface area contributed by atoms with Crippen LogP contribution in [0, 0.1) is 0 Å². The van der Waals surface area contributed by atoms with Gasteiger partial charge in [-0.25, -0.2) is 4.79 Å². The van der Waals surface area contributed by atoms with Crippen LogP contribution in [0.3, 0.4) is 0 Å². The highest BCUT2D eigenvalue weighted by atomic mass is 16.5. The molecule has 1 aromatic carbocycles. The molecule has 0 saturated heterocycles. The van der Waals surface area contributed by atoms with E-state index in [4.69, 9.17) is 0 Å². The van der Waals surface area contributed by atoms with Gasteiger partial charge in [-0.3, -0.25) is 0 Å². The van der Waals surface area contributed by atoms with Crippen molar-refractivity contribution in [3.05, 3.63) is 29.8 Å². The number of rotatable bonds is 4. The summed E-state index contributed by atoms with van der Waals surface area (Å²) in [6.45, 7) is 1.71. The lowest BCUT2D eigenvalue weighted by molar-refractivity contribution is -0.159. The number of aliphatic hydroxyl groups is 2. The van der Waals surface area contributed by atoms with Gasteiger partial charge in [0.1, 0.15) is 11.9 Å². The predicted octanol–water partition coefficient (Wildman–Crippen LogP) is 0.350. The number of para-hydroxylation sites is 1. The summed E-state index contributed by atoms with van der Waals surface area (Å²) >= 11 is 0. The smallest absolute Gasteiger partial charge is 0.338 e. The lowest BCUT2D eigenvalue weighted by Crippen LogP contribution is -2.29. The number of aliphatic hydroxyl groups excluding tert-OH is 2. The van der Waals surface area contributed by atoms with Crippen LogP contribution in [0.1, 0.15) is 18.6 Å². The average molecular weight is 226 g/mol. The zero-order valence-electron chi connectivity index (χ0n) is 8.83. The van der Waals surface area contributed by atoms with E-state index in [1.165, 1.54) is 12.1 Å². The van der Waals surface area contributed by atoms with Crippen molar-refractivity contribution in [2.24, 2.45) is 0 Å². The van der Waals surface area contributed by atoms with Crippen molar-refractivity contribution in [3.63, 3.8) is 0 Å². The molecule has 0 aromatic heterocycles. The Bertz CT molecular complexity index is 363. The Balaban J connectivity index is 2.82. The molecule has 0 radical (unpaired) electrons. The number of esters is 1. The number of phenolic OH excluding ortho intramolecular Hbond substituents is 1. The highest BCUT2D eigenvalue weighted by Crippen LogP contribution is 2.26. The third-order valence-corrected chi connectivity index (χ3v) is 2.08. The number of hydrogen-bond acceptors (Lipinski definition) is 5. The fourth-order valence-corrected chi connectivity index (χ4v) is 1.26. The highest BCUT2D eigenvalue weighted by Gasteiger charge is 2.28. The summed E-state index contributed by atoms with van der Waals surface area (Å²) in [4.78, 5) is 11.2. The number of benzene rings is 1. The van der Waals surface area contributed by atoms with Crippen molar-refractivity contribution in [2.45, 2.75) is 19.1 Å². The van der Waals surface area contributed by atoms with E-state index < -0.39 is 18.2 Å². The van der Waals surface area contributed by atoms with Gasteiger partial charge < -0.3 is 20.1 Å². The van der Waals surface area contributed by atoms with Crippen molar-refractivity contribution in [2.75, 3.05) is 6.61 Å². The molecular weight excluding hydrogens is 212 g/mol. The van der Waals surface area contributed by atoms with Crippen LogP contribution in [0.5, 0.6) is 5.75 Å². The van der Waals surface area contributed by atoms with E-state index in [1.54, 1.807) is 19.1 Å². The van der Waals surface area contributed by atoms with E-state index in [9.17, 15) is 20.1 Å². The van der Waals surface area contributed by atoms with Gasteiger partial charge in [0.05, 0.1) is 6.61 Å². The topological polar surface area (TPSA) is 87.0 Å². The molecule has 0 heterocycles. The SMILES string of the molecule is CCOC(=O)C(O)C(O)c1ccccc1O. The van der Waals surface area contributed by atoms with Gasteiger partial charge in [0.15, 0.2) is 6.10 Å². The maximum absolute atomic E-state index is 11.2. The first-order valence-corrected chi connectivity index (χ1v) is 4.88. The molecule has 0 amide bonds. The Morgan fingerprint density at radius 1 is 1.38 bits per heavy atom.